The Bertz CT molecular complexity index is 716. The number of benzene rings is 1. The Balaban J connectivity index is 1.75. The first-order valence-corrected chi connectivity index (χ1v) is 7.61. The van der Waals surface area contributed by atoms with Crippen LogP contribution in [0.5, 0.6) is 0 Å². The number of carbonyl (C=O) groups is 2. The predicted molar refractivity (Wildman–Crippen MR) is 82.0 cm³/mol. The number of nitrogens with zero attached hydrogens (tertiary/aromatic N) is 2. The van der Waals surface area contributed by atoms with Gasteiger partial charge in [-0.05, 0) is 12.1 Å². The van der Waals surface area contributed by atoms with Crippen molar-refractivity contribution in [2.24, 2.45) is 5.92 Å². The standard InChI is InChI=1S/C17H16F2N2O3/c1-2-12-10-24-6-5-20(12)17(23)11-7-16(22)21(9-11)13-3-4-14(18)15(19)8-13/h1,3-4,8,11-12H,5-7,9-10H2/t11-,12+/m0/s1. The number of carbonyl (C=O) groups excluding carboxylic acids is 2. The molecule has 2 fully saturated rings. The van der Waals surface area contributed by atoms with Crippen LogP contribution in [0.25, 0.3) is 0 Å². The Labute approximate surface area is 138 Å². The third kappa shape index (κ3) is 2.97. The van der Waals surface area contributed by atoms with Crippen LogP contribution < -0.4 is 4.90 Å². The summed E-state index contributed by atoms with van der Waals surface area (Å²) in [5, 5.41) is 0. The highest BCUT2D eigenvalue weighted by atomic mass is 19.2. The van der Waals surface area contributed by atoms with E-state index in [0.717, 1.165) is 12.1 Å². The van der Waals surface area contributed by atoms with Crippen LogP contribution in [-0.4, -0.2) is 49.1 Å². The van der Waals surface area contributed by atoms with E-state index in [1.54, 1.807) is 4.90 Å². The minimum atomic E-state index is -1.03. The SMILES string of the molecule is C#C[C@@H]1COCCN1C(=O)[C@H]1CC(=O)N(c2ccc(F)c(F)c2)C1. The second-order valence-electron chi connectivity index (χ2n) is 5.79. The second kappa shape index (κ2) is 6.57. The van der Waals surface area contributed by atoms with Gasteiger partial charge in [0, 0.05) is 31.3 Å². The fourth-order valence-corrected chi connectivity index (χ4v) is 3.02. The van der Waals surface area contributed by atoms with Crippen molar-refractivity contribution >= 4 is 17.5 Å². The Kier molecular flexibility index (Phi) is 4.49. The first-order chi connectivity index (χ1) is 11.5. The molecule has 5 nitrogen and oxygen atoms in total. The predicted octanol–water partition coefficient (Wildman–Crippen LogP) is 1.18. The zero-order chi connectivity index (χ0) is 17.3. The summed E-state index contributed by atoms with van der Waals surface area (Å²) in [6, 6.07) is 2.80. The van der Waals surface area contributed by atoms with Crippen molar-refractivity contribution in [3.05, 3.63) is 29.8 Å². The molecule has 0 aliphatic carbocycles. The molecule has 0 aromatic heterocycles. The maximum atomic E-state index is 13.4. The summed E-state index contributed by atoms with van der Waals surface area (Å²) < 4.78 is 31.7. The fraction of sp³-hybridized carbons (Fsp3) is 0.412. The van der Waals surface area contributed by atoms with Gasteiger partial charge in [0.15, 0.2) is 11.6 Å². The number of halogens is 2. The van der Waals surface area contributed by atoms with Gasteiger partial charge in [0.2, 0.25) is 11.8 Å². The average molecular weight is 334 g/mol. The first kappa shape index (κ1) is 16.4. The number of hydrogen-bond donors (Lipinski definition) is 0. The molecule has 24 heavy (non-hydrogen) atoms. The summed E-state index contributed by atoms with van der Waals surface area (Å²) in [4.78, 5) is 27.7. The van der Waals surface area contributed by atoms with E-state index in [4.69, 9.17) is 11.2 Å². The van der Waals surface area contributed by atoms with Crippen molar-refractivity contribution in [2.75, 3.05) is 31.2 Å². The first-order valence-electron chi connectivity index (χ1n) is 7.61. The van der Waals surface area contributed by atoms with E-state index in [2.05, 4.69) is 5.92 Å². The highest BCUT2D eigenvalue weighted by Gasteiger charge is 2.39. The number of amides is 2. The fourth-order valence-electron chi connectivity index (χ4n) is 3.02. The Morgan fingerprint density at radius 2 is 2.12 bits per heavy atom. The molecule has 0 unspecified atom stereocenters. The van der Waals surface area contributed by atoms with Crippen LogP contribution in [-0.2, 0) is 14.3 Å². The van der Waals surface area contributed by atoms with Gasteiger partial charge in [0.05, 0.1) is 19.1 Å². The van der Waals surface area contributed by atoms with E-state index < -0.39 is 23.6 Å². The summed E-state index contributed by atoms with van der Waals surface area (Å²) in [6.45, 7) is 1.17. The lowest BCUT2D eigenvalue weighted by molar-refractivity contribution is -0.142. The van der Waals surface area contributed by atoms with Crippen LogP contribution >= 0.6 is 0 Å². The molecule has 0 spiro atoms. The third-order valence-electron chi connectivity index (χ3n) is 4.29. The van der Waals surface area contributed by atoms with Crippen LogP contribution in [0.1, 0.15) is 6.42 Å². The monoisotopic (exact) mass is 334 g/mol. The quantitative estimate of drug-likeness (QED) is 0.763. The lowest BCUT2D eigenvalue weighted by Crippen LogP contribution is -2.50. The average Bonchev–Trinajstić information content (AvgIpc) is 2.98. The minimum Gasteiger partial charge on any atom is -0.376 e. The number of morpholine rings is 1. The molecular weight excluding hydrogens is 318 g/mol. The van der Waals surface area contributed by atoms with E-state index in [9.17, 15) is 18.4 Å². The van der Waals surface area contributed by atoms with E-state index >= 15 is 0 Å². The molecule has 2 aliphatic heterocycles. The molecule has 7 heteroatoms. The number of terminal acetylenes is 1. The summed E-state index contributed by atoms with van der Waals surface area (Å²) in [6.07, 6.45) is 5.45. The second-order valence-corrected chi connectivity index (χ2v) is 5.79. The summed E-state index contributed by atoms with van der Waals surface area (Å²) in [5.41, 5.74) is 0.240. The molecule has 1 aromatic rings. The van der Waals surface area contributed by atoms with Crippen molar-refractivity contribution in [1.29, 1.82) is 0 Å². The molecule has 0 saturated carbocycles. The van der Waals surface area contributed by atoms with Crippen LogP contribution in [0.2, 0.25) is 0 Å². The number of anilines is 1. The topological polar surface area (TPSA) is 49.9 Å². The van der Waals surface area contributed by atoms with E-state index in [-0.39, 0.29) is 37.1 Å². The Morgan fingerprint density at radius 3 is 2.83 bits per heavy atom. The summed E-state index contributed by atoms with van der Waals surface area (Å²) >= 11 is 0. The van der Waals surface area contributed by atoms with Crippen molar-refractivity contribution in [2.45, 2.75) is 12.5 Å². The zero-order valence-electron chi connectivity index (χ0n) is 12.9. The van der Waals surface area contributed by atoms with E-state index in [1.165, 1.54) is 11.0 Å². The number of hydrogen-bond acceptors (Lipinski definition) is 3. The molecule has 3 rings (SSSR count). The lowest BCUT2D eigenvalue weighted by atomic mass is 10.1. The van der Waals surface area contributed by atoms with Crippen molar-refractivity contribution in [1.82, 2.24) is 4.90 Å². The zero-order valence-corrected chi connectivity index (χ0v) is 12.9. The molecule has 0 bridgehead atoms. The number of rotatable bonds is 2. The normalized spacial score (nSPS) is 24.1. The van der Waals surface area contributed by atoms with Gasteiger partial charge in [-0.15, -0.1) is 6.42 Å². The maximum absolute atomic E-state index is 13.4. The summed E-state index contributed by atoms with van der Waals surface area (Å²) in [5.74, 6) is -0.564. The smallest absolute Gasteiger partial charge is 0.229 e. The van der Waals surface area contributed by atoms with Crippen LogP contribution in [0.3, 0.4) is 0 Å². The van der Waals surface area contributed by atoms with Gasteiger partial charge >= 0.3 is 0 Å². The molecule has 2 heterocycles. The summed E-state index contributed by atoms with van der Waals surface area (Å²) in [7, 11) is 0. The van der Waals surface area contributed by atoms with Gasteiger partial charge < -0.3 is 14.5 Å². The molecule has 0 N–H and O–H groups in total. The van der Waals surface area contributed by atoms with Gasteiger partial charge in [0.1, 0.15) is 6.04 Å². The molecular formula is C17H16F2N2O3. The van der Waals surface area contributed by atoms with Gasteiger partial charge in [-0.3, -0.25) is 9.59 Å². The highest BCUT2D eigenvalue weighted by molar-refractivity contribution is 6.00. The molecule has 2 saturated heterocycles. The molecule has 0 radical (unpaired) electrons. The third-order valence-corrected chi connectivity index (χ3v) is 4.29. The van der Waals surface area contributed by atoms with Gasteiger partial charge in [0.25, 0.3) is 0 Å². The van der Waals surface area contributed by atoms with Crippen LogP contribution in [0, 0.1) is 29.9 Å². The Morgan fingerprint density at radius 1 is 1.33 bits per heavy atom. The number of ether oxygens (including phenoxy) is 1. The van der Waals surface area contributed by atoms with Crippen molar-refractivity contribution in [3.8, 4) is 12.3 Å². The Hall–Kier alpha value is -2.46. The molecule has 126 valence electrons. The van der Waals surface area contributed by atoms with Crippen molar-refractivity contribution in [3.63, 3.8) is 0 Å². The lowest BCUT2D eigenvalue weighted by Gasteiger charge is -2.34. The molecule has 2 aliphatic rings. The van der Waals surface area contributed by atoms with Gasteiger partial charge in [-0.2, -0.15) is 0 Å². The van der Waals surface area contributed by atoms with Crippen LogP contribution in [0.4, 0.5) is 14.5 Å². The molecule has 1 aromatic carbocycles. The minimum absolute atomic E-state index is 0.0203. The van der Waals surface area contributed by atoms with E-state index in [0.29, 0.717) is 13.2 Å². The van der Waals surface area contributed by atoms with E-state index in [1.807, 2.05) is 0 Å². The van der Waals surface area contributed by atoms with Gasteiger partial charge in [-0.1, -0.05) is 5.92 Å². The van der Waals surface area contributed by atoms with Crippen LogP contribution in [0.15, 0.2) is 18.2 Å². The maximum Gasteiger partial charge on any atom is 0.229 e. The molecule has 2 atom stereocenters. The highest BCUT2D eigenvalue weighted by Crippen LogP contribution is 2.28. The van der Waals surface area contributed by atoms with Crippen molar-refractivity contribution < 1.29 is 23.1 Å². The van der Waals surface area contributed by atoms with Gasteiger partial charge in [-0.25, -0.2) is 8.78 Å². The molecule has 2 amide bonds. The largest absolute Gasteiger partial charge is 0.376 e.